The monoisotopic (exact) mass is 398 g/mol. The van der Waals surface area contributed by atoms with E-state index >= 15 is 0 Å². The summed E-state index contributed by atoms with van der Waals surface area (Å²) in [6.45, 7) is 1.10. The van der Waals surface area contributed by atoms with Gasteiger partial charge in [-0.3, -0.25) is 9.52 Å². The van der Waals surface area contributed by atoms with Crippen molar-refractivity contribution in [2.75, 3.05) is 17.5 Å². The molecule has 0 atom stereocenters. The Morgan fingerprint density at radius 2 is 1.79 bits per heavy atom. The molecule has 2 aromatic carbocycles. The van der Waals surface area contributed by atoms with E-state index in [0.717, 1.165) is 12.1 Å². The molecule has 0 unspecified atom stereocenters. The Labute approximate surface area is 164 Å². The number of nitrogens with zero attached hydrogens (tertiary/aromatic N) is 2. The predicted molar refractivity (Wildman–Crippen MR) is 109 cm³/mol. The van der Waals surface area contributed by atoms with Gasteiger partial charge in [0.2, 0.25) is 10.0 Å². The van der Waals surface area contributed by atoms with Crippen LogP contribution in [0.5, 0.6) is 0 Å². The number of hydrogen-bond acceptors (Lipinski definition) is 4. The zero-order valence-corrected chi connectivity index (χ0v) is 16.3. The number of sulfonamides is 1. The Morgan fingerprint density at radius 3 is 2.54 bits per heavy atom. The molecule has 28 heavy (non-hydrogen) atoms. The fourth-order valence-corrected chi connectivity index (χ4v) is 3.42. The highest BCUT2D eigenvalue weighted by Crippen LogP contribution is 2.16. The number of hydrogen-bond donors (Lipinski definition) is 2. The summed E-state index contributed by atoms with van der Waals surface area (Å²) in [6.07, 6.45) is 5.27. The van der Waals surface area contributed by atoms with Gasteiger partial charge in [-0.05, 0) is 17.7 Å². The van der Waals surface area contributed by atoms with Crippen molar-refractivity contribution in [3.05, 3.63) is 83.9 Å². The molecule has 3 aromatic rings. The Hall–Kier alpha value is -3.13. The molecular weight excluding hydrogens is 376 g/mol. The van der Waals surface area contributed by atoms with Gasteiger partial charge in [0.25, 0.3) is 5.91 Å². The van der Waals surface area contributed by atoms with E-state index in [1.807, 2.05) is 29.0 Å². The SMILES string of the molecule is CS(=O)(=O)Nc1ccccc1C(=O)NCCc1nccn1Cc1ccccc1. The summed E-state index contributed by atoms with van der Waals surface area (Å²) in [5.41, 5.74) is 1.71. The molecule has 0 saturated carbocycles. The first-order valence-electron chi connectivity index (χ1n) is 8.81. The van der Waals surface area contributed by atoms with Crippen LogP contribution >= 0.6 is 0 Å². The average Bonchev–Trinajstić information content (AvgIpc) is 3.08. The number of nitrogens with one attached hydrogen (secondary N) is 2. The van der Waals surface area contributed by atoms with Gasteiger partial charge in [-0.15, -0.1) is 0 Å². The number of benzene rings is 2. The molecule has 0 saturated heterocycles. The highest BCUT2D eigenvalue weighted by atomic mass is 32.2. The predicted octanol–water partition coefficient (Wildman–Crippen LogP) is 2.28. The third-order valence-electron chi connectivity index (χ3n) is 4.10. The molecule has 0 aliphatic carbocycles. The lowest BCUT2D eigenvalue weighted by atomic mass is 10.1. The van der Waals surface area contributed by atoms with Gasteiger partial charge in [0.15, 0.2) is 0 Å². The van der Waals surface area contributed by atoms with Crippen molar-refractivity contribution in [1.29, 1.82) is 0 Å². The summed E-state index contributed by atoms with van der Waals surface area (Å²) in [6, 6.07) is 16.6. The van der Waals surface area contributed by atoms with Crippen LogP contribution in [0.3, 0.4) is 0 Å². The van der Waals surface area contributed by atoms with Crippen molar-refractivity contribution >= 4 is 21.6 Å². The van der Waals surface area contributed by atoms with Crippen molar-refractivity contribution in [2.24, 2.45) is 0 Å². The second kappa shape index (κ2) is 8.71. The molecule has 0 spiro atoms. The second-order valence-electron chi connectivity index (χ2n) is 6.38. The van der Waals surface area contributed by atoms with E-state index < -0.39 is 10.0 Å². The van der Waals surface area contributed by atoms with E-state index in [1.54, 1.807) is 30.5 Å². The molecule has 0 fully saturated rings. The minimum atomic E-state index is -3.47. The lowest BCUT2D eigenvalue weighted by Gasteiger charge is -2.12. The largest absolute Gasteiger partial charge is 0.352 e. The molecule has 0 bridgehead atoms. The number of amides is 1. The van der Waals surface area contributed by atoms with Gasteiger partial charge < -0.3 is 9.88 Å². The van der Waals surface area contributed by atoms with Crippen LogP contribution in [-0.2, 0) is 23.0 Å². The third kappa shape index (κ3) is 5.43. The molecule has 1 heterocycles. The van der Waals surface area contributed by atoms with Crippen LogP contribution in [0.2, 0.25) is 0 Å². The van der Waals surface area contributed by atoms with Gasteiger partial charge in [-0.1, -0.05) is 42.5 Å². The normalized spacial score (nSPS) is 11.2. The number of carbonyl (C=O) groups excluding carboxylic acids is 1. The smallest absolute Gasteiger partial charge is 0.253 e. The molecule has 2 N–H and O–H groups in total. The maximum atomic E-state index is 12.5. The van der Waals surface area contributed by atoms with E-state index in [9.17, 15) is 13.2 Å². The first-order chi connectivity index (χ1) is 13.4. The fraction of sp³-hybridized carbons (Fsp3) is 0.200. The summed E-state index contributed by atoms with van der Waals surface area (Å²) < 4.78 is 27.4. The number of para-hydroxylation sites is 1. The van der Waals surface area contributed by atoms with Gasteiger partial charge in [-0.25, -0.2) is 13.4 Å². The van der Waals surface area contributed by atoms with E-state index in [1.165, 1.54) is 5.56 Å². The van der Waals surface area contributed by atoms with Crippen molar-refractivity contribution in [3.8, 4) is 0 Å². The van der Waals surface area contributed by atoms with Crippen molar-refractivity contribution < 1.29 is 13.2 Å². The molecule has 1 aromatic heterocycles. The molecule has 3 rings (SSSR count). The van der Waals surface area contributed by atoms with Crippen LogP contribution in [-0.4, -0.2) is 36.7 Å². The molecule has 0 aliphatic heterocycles. The summed E-state index contributed by atoms with van der Waals surface area (Å²) >= 11 is 0. The standard InChI is InChI=1S/C20H22N4O3S/c1-28(26,27)23-18-10-6-5-9-17(18)20(25)22-12-11-19-21-13-14-24(19)15-16-7-3-2-4-8-16/h2-10,13-14,23H,11-12,15H2,1H3,(H,22,25). The summed E-state index contributed by atoms with van der Waals surface area (Å²) in [5.74, 6) is 0.527. The summed E-state index contributed by atoms with van der Waals surface area (Å²) in [5, 5.41) is 2.83. The zero-order valence-electron chi connectivity index (χ0n) is 15.5. The lowest BCUT2D eigenvalue weighted by molar-refractivity contribution is 0.0955. The van der Waals surface area contributed by atoms with Crippen LogP contribution in [0.25, 0.3) is 0 Å². The number of carbonyl (C=O) groups is 1. The molecular formula is C20H22N4O3S. The highest BCUT2D eigenvalue weighted by Gasteiger charge is 2.13. The molecule has 0 radical (unpaired) electrons. The number of imidazole rings is 1. The van der Waals surface area contributed by atoms with Crippen molar-refractivity contribution in [1.82, 2.24) is 14.9 Å². The Balaban J connectivity index is 1.61. The van der Waals surface area contributed by atoms with Crippen LogP contribution in [0.4, 0.5) is 5.69 Å². The molecule has 8 heteroatoms. The van der Waals surface area contributed by atoms with Crippen molar-refractivity contribution in [2.45, 2.75) is 13.0 Å². The van der Waals surface area contributed by atoms with E-state index in [-0.39, 0.29) is 17.2 Å². The third-order valence-corrected chi connectivity index (χ3v) is 4.69. The minimum absolute atomic E-state index is 0.257. The van der Waals surface area contributed by atoms with E-state index in [4.69, 9.17) is 0 Å². The highest BCUT2D eigenvalue weighted by molar-refractivity contribution is 7.92. The number of anilines is 1. The number of aromatic nitrogens is 2. The van der Waals surface area contributed by atoms with Gasteiger partial charge in [0, 0.05) is 31.9 Å². The molecule has 0 aliphatic rings. The topological polar surface area (TPSA) is 93.1 Å². The summed E-state index contributed by atoms with van der Waals surface area (Å²) in [4.78, 5) is 16.9. The van der Waals surface area contributed by atoms with Gasteiger partial charge in [0.05, 0.1) is 17.5 Å². The van der Waals surface area contributed by atoms with Gasteiger partial charge in [0.1, 0.15) is 5.82 Å². The summed E-state index contributed by atoms with van der Waals surface area (Å²) in [7, 11) is -3.47. The first-order valence-corrected chi connectivity index (χ1v) is 10.7. The van der Waals surface area contributed by atoms with Crippen LogP contribution in [0, 0.1) is 0 Å². The van der Waals surface area contributed by atoms with Gasteiger partial charge in [-0.2, -0.15) is 0 Å². The van der Waals surface area contributed by atoms with Crippen molar-refractivity contribution in [3.63, 3.8) is 0 Å². The first kappa shape index (κ1) is 19.6. The molecule has 1 amide bonds. The lowest BCUT2D eigenvalue weighted by Crippen LogP contribution is -2.27. The fourth-order valence-electron chi connectivity index (χ4n) is 2.85. The van der Waals surface area contributed by atoms with Crippen LogP contribution < -0.4 is 10.0 Å². The quantitative estimate of drug-likeness (QED) is 0.609. The van der Waals surface area contributed by atoms with Gasteiger partial charge >= 0.3 is 0 Å². The Morgan fingerprint density at radius 1 is 1.07 bits per heavy atom. The second-order valence-corrected chi connectivity index (χ2v) is 8.13. The molecule has 7 nitrogen and oxygen atoms in total. The van der Waals surface area contributed by atoms with Crippen LogP contribution in [0.1, 0.15) is 21.7 Å². The molecule has 146 valence electrons. The number of rotatable bonds is 8. The minimum Gasteiger partial charge on any atom is -0.352 e. The Kier molecular flexibility index (Phi) is 6.10. The van der Waals surface area contributed by atoms with E-state index in [0.29, 0.717) is 19.5 Å². The van der Waals surface area contributed by atoms with Crippen LogP contribution in [0.15, 0.2) is 67.0 Å². The maximum absolute atomic E-state index is 12.5. The Bertz CT molecular complexity index is 1050. The zero-order chi connectivity index (χ0) is 20.0. The average molecular weight is 398 g/mol. The van der Waals surface area contributed by atoms with E-state index in [2.05, 4.69) is 27.2 Å². The maximum Gasteiger partial charge on any atom is 0.253 e.